The van der Waals surface area contributed by atoms with Gasteiger partial charge in [-0.1, -0.05) is 49.7 Å². The number of rotatable bonds is 11. The zero-order chi connectivity index (χ0) is 23.0. The van der Waals surface area contributed by atoms with Crippen LogP contribution in [0.25, 0.3) is 0 Å². The van der Waals surface area contributed by atoms with E-state index in [2.05, 4.69) is 25.1 Å². The van der Waals surface area contributed by atoms with Gasteiger partial charge < -0.3 is 24.3 Å². The van der Waals surface area contributed by atoms with E-state index in [0.717, 1.165) is 0 Å². The number of thioether (sulfide) groups is 1. The third-order valence-electron chi connectivity index (χ3n) is 4.21. The summed E-state index contributed by atoms with van der Waals surface area (Å²) in [5.74, 6) is -1.83. The predicted molar refractivity (Wildman–Crippen MR) is 112 cm³/mol. The first-order chi connectivity index (χ1) is 14.8. The standard InChI is InChI=1S/C20H24N2O8S/c1-5-8-27-18(24)15-13(11-21-19(25)28-9-6-2)31-17-14(16(23)22(15)17)12(4)30-20(26)29-10-7-3/h5-7,12,14,17H,1-3,8-11H2,4H3,(H,21,25)/t12-,14+,17-/m1/s1. The average Bonchev–Trinajstić information content (AvgIpc) is 3.07. The molecule has 2 aliphatic heterocycles. The topological polar surface area (TPSA) is 120 Å². The molecular weight excluding hydrogens is 428 g/mol. The molecule has 0 saturated carbocycles. The summed E-state index contributed by atoms with van der Waals surface area (Å²) in [6, 6.07) is 0. The van der Waals surface area contributed by atoms with Gasteiger partial charge in [0, 0.05) is 4.91 Å². The highest BCUT2D eigenvalue weighted by Crippen LogP contribution is 2.50. The van der Waals surface area contributed by atoms with Crippen LogP contribution in [0.15, 0.2) is 48.6 Å². The first-order valence-corrected chi connectivity index (χ1v) is 10.2. The van der Waals surface area contributed by atoms with E-state index in [1.165, 1.54) is 34.9 Å². The molecule has 1 N–H and O–H groups in total. The van der Waals surface area contributed by atoms with Crippen LogP contribution in [-0.2, 0) is 28.5 Å². The van der Waals surface area contributed by atoms with E-state index in [9.17, 15) is 19.2 Å². The van der Waals surface area contributed by atoms with Crippen LogP contribution < -0.4 is 5.32 Å². The van der Waals surface area contributed by atoms with E-state index in [0.29, 0.717) is 4.91 Å². The highest BCUT2D eigenvalue weighted by atomic mass is 32.2. The van der Waals surface area contributed by atoms with Gasteiger partial charge in [0.15, 0.2) is 0 Å². The first kappa shape index (κ1) is 24.1. The highest BCUT2D eigenvalue weighted by molar-refractivity contribution is 8.04. The Kier molecular flexibility index (Phi) is 8.74. The Morgan fingerprint density at radius 1 is 1.10 bits per heavy atom. The average molecular weight is 452 g/mol. The number of fused-ring (bicyclic) bond motifs is 1. The number of nitrogens with one attached hydrogen (secondary N) is 1. The fourth-order valence-corrected chi connectivity index (χ4v) is 4.42. The van der Waals surface area contributed by atoms with Crippen molar-refractivity contribution in [2.24, 2.45) is 5.92 Å². The molecule has 0 spiro atoms. The molecule has 1 fully saturated rings. The second-order valence-corrected chi connectivity index (χ2v) is 7.53. The van der Waals surface area contributed by atoms with E-state index in [1.54, 1.807) is 6.92 Å². The molecule has 2 rings (SSSR count). The van der Waals surface area contributed by atoms with Crippen molar-refractivity contribution in [1.29, 1.82) is 0 Å². The zero-order valence-electron chi connectivity index (χ0n) is 17.0. The third-order valence-corrected chi connectivity index (χ3v) is 5.58. The molecule has 3 atom stereocenters. The lowest BCUT2D eigenvalue weighted by molar-refractivity contribution is -0.158. The van der Waals surface area contributed by atoms with Gasteiger partial charge in [-0.3, -0.25) is 9.69 Å². The first-order valence-electron chi connectivity index (χ1n) is 9.32. The largest absolute Gasteiger partial charge is 0.508 e. The lowest BCUT2D eigenvalue weighted by atomic mass is 9.92. The molecule has 168 valence electrons. The molecule has 0 aromatic carbocycles. The molecule has 2 aliphatic rings. The fraction of sp³-hybridized carbons (Fsp3) is 0.400. The molecule has 0 bridgehead atoms. The summed E-state index contributed by atoms with van der Waals surface area (Å²) in [7, 11) is 0. The van der Waals surface area contributed by atoms with E-state index >= 15 is 0 Å². The molecule has 0 aromatic rings. The summed E-state index contributed by atoms with van der Waals surface area (Å²) < 4.78 is 19.9. The SMILES string of the molecule is C=CCOC(=O)NCC1=C(C(=O)OCC=C)N2C(=O)[C@H]([C@@H](C)OC(=O)OCC=C)[C@H]2S1. The van der Waals surface area contributed by atoms with E-state index < -0.39 is 41.5 Å². The van der Waals surface area contributed by atoms with Crippen molar-refractivity contribution in [2.75, 3.05) is 26.4 Å². The van der Waals surface area contributed by atoms with Gasteiger partial charge in [-0.05, 0) is 6.92 Å². The number of carbonyl (C=O) groups is 4. The highest BCUT2D eigenvalue weighted by Gasteiger charge is 2.59. The van der Waals surface area contributed by atoms with Crippen molar-refractivity contribution in [3.05, 3.63) is 48.6 Å². The van der Waals surface area contributed by atoms with E-state index in [4.69, 9.17) is 18.9 Å². The van der Waals surface area contributed by atoms with Gasteiger partial charge in [-0.2, -0.15) is 0 Å². The maximum absolute atomic E-state index is 12.8. The second-order valence-electron chi connectivity index (χ2n) is 6.31. The molecule has 0 aromatic heterocycles. The smallest absolute Gasteiger partial charge is 0.457 e. The Bertz CT molecular complexity index is 809. The summed E-state index contributed by atoms with van der Waals surface area (Å²) in [6.07, 6.45) is 1.78. The lowest BCUT2D eigenvalue weighted by Crippen LogP contribution is -2.61. The van der Waals surface area contributed by atoms with Crippen molar-refractivity contribution in [3.8, 4) is 0 Å². The van der Waals surface area contributed by atoms with Gasteiger partial charge in [-0.25, -0.2) is 14.4 Å². The van der Waals surface area contributed by atoms with Crippen LogP contribution >= 0.6 is 11.8 Å². The normalized spacial score (nSPS) is 20.0. The number of hydrogen-bond donors (Lipinski definition) is 1. The number of esters is 1. The van der Waals surface area contributed by atoms with Gasteiger partial charge in [0.1, 0.15) is 42.9 Å². The summed E-state index contributed by atoms with van der Waals surface area (Å²) in [5, 5.41) is 2.02. The second kappa shape index (κ2) is 11.3. The van der Waals surface area contributed by atoms with Crippen LogP contribution in [0.1, 0.15) is 6.92 Å². The summed E-state index contributed by atoms with van der Waals surface area (Å²) in [5.41, 5.74) is 0.0311. The van der Waals surface area contributed by atoms with E-state index in [1.807, 2.05) is 0 Å². The van der Waals surface area contributed by atoms with Crippen molar-refractivity contribution >= 4 is 35.9 Å². The van der Waals surface area contributed by atoms with Crippen LogP contribution in [0.2, 0.25) is 0 Å². The number of amides is 2. The van der Waals surface area contributed by atoms with Gasteiger partial charge in [0.2, 0.25) is 5.91 Å². The number of nitrogens with zero attached hydrogens (tertiary/aromatic N) is 1. The van der Waals surface area contributed by atoms with Crippen LogP contribution in [0.3, 0.4) is 0 Å². The van der Waals surface area contributed by atoms with Gasteiger partial charge in [0.25, 0.3) is 0 Å². The summed E-state index contributed by atoms with van der Waals surface area (Å²) in [4.78, 5) is 50.4. The third kappa shape index (κ3) is 5.69. The van der Waals surface area contributed by atoms with Crippen molar-refractivity contribution in [2.45, 2.75) is 18.4 Å². The molecule has 31 heavy (non-hydrogen) atoms. The molecule has 2 amide bonds. The number of hydrogen-bond acceptors (Lipinski definition) is 9. The fourth-order valence-electron chi connectivity index (χ4n) is 2.88. The van der Waals surface area contributed by atoms with Gasteiger partial charge in [0.05, 0.1) is 6.54 Å². The van der Waals surface area contributed by atoms with Crippen molar-refractivity contribution in [1.82, 2.24) is 10.2 Å². The molecule has 0 radical (unpaired) electrons. The Morgan fingerprint density at radius 3 is 2.35 bits per heavy atom. The van der Waals surface area contributed by atoms with Crippen LogP contribution in [0.5, 0.6) is 0 Å². The molecule has 0 aliphatic carbocycles. The summed E-state index contributed by atoms with van der Waals surface area (Å²) >= 11 is 1.20. The molecule has 2 heterocycles. The quantitative estimate of drug-likeness (QED) is 0.217. The number of β-lactam (4-membered cyclic amide) rings is 1. The summed E-state index contributed by atoms with van der Waals surface area (Å²) in [6.45, 7) is 11.8. The van der Waals surface area contributed by atoms with Crippen molar-refractivity contribution in [3.63, 3.8) is 0 Å². The number of carbonyl (C=O) groups excluding carboxylic acids is 4. The Labute approximate surface area is 183 Å². The Morgan fingerprint density at radius 2 is 1.71 bits per heavy atom. The monoisotopic (exact) mass is 452 g/mol. The van der Waals surface area contributed by atoms with Gasteiger partial charge >= 0.3 is 18.2 Å². The predicted octanol–water partition coefficient (Wildman–Crippen LogP) is 2.10. The molecule has 0 unspecified atom stereocenters. The van der Waals surface area contributed by atoms with Crippen LogP contribution in [0.4, 0.5) is 9.59 Å². The zero-order valence-corrected chi connectivity index (χ0v) is 17.9. The number of ether oxygens (including phenoxy) is 4. The minimum absolute atomic E-state index is 0.0207. The molecule has 11 heteroatoms. The maximum atomic E-state index is 12.8. The lowest BCUT2D eigenvalue weighted by Gasteiger charge is -2.44. The van der Waals surface area contributed by atoms with Crippen LogP contribution in [0, 0.1) is 5.92 Å². The minimum atomic E-state index is -0.924. The molecule has 10 nitrogen and oxygen atoms in total. The van der Waals surface area contributed by atoms with Crippen LogP contribution in [-0.4, -0.2) is 66.9 Å². The minimum Gasteiger partial charge on any atom is -0.457 e. The molecular formula is C20H24N2O8S. The van der Waals surface area contributed by atoms with Gasteiger partial charge in [-0.15, -0.1) is 0 Å². The maximum Gasteiger partial charge on any atom is 0.508 e. The Hall–Kier alpha value is -3.21. The Balaban J connectivity index is 2.11. The van der Waals surface area contributed by atoms with Crippen molar-refractivity contribution < 1.29 is 38.1 Å². The number of alkyl carbamates (subject to hydrolysis) is 1. The van der Waals surface area contributed by atoms with E-state index in [-0.39, 0.29) is 32.1 Å². The molecule has 1 saturated heterocycles.